The van der Waals surface area contributed by atoms with Crippen LogP contribution in [0.15, 0.2) is 53.4 Å². The van der Waals surface area contributed by atoms with E-state index in [0.717, 1.165) is 23.1 Å². The van der Waals surface area contributed by atoms with Crippen molar-refractivity contribution in [2.24, 2.45) is 0 Å². The van der Waals surface area contributed by atoms with Gasteiger partial charge in [0.05, 0.1) is 39.8 Å². The van der Waals surface area contributed by atoms with Crippen LogP contribution >= 0.6 is 35.3 Å². The van der Waals surface area contributed by atoms with E-state index in [9.17, 15) is 40.7 Å². The number of carboxylic acid groups (broad SMARTS) is 1. The van der Waals surface area contributed by atoms with Crippen molar-refractivity contribution in [3.05, 3.63) is 75.0 Å². The molecule has 266 valence electrons. The molecule has 2 fully saturated rings. The van der Waals surface area contributed by atoms with Gasteiger partial charge in [-0.25, -0.2) is 4.79 Å². The fourth-order valence-corrected chi connectivity index (χ4v) is 7.47. The molecule has 2 aliphatic rings. The van der Waals surface area contributed by atoms with Gasteiger partial charge in [0, 0.05) is 55.3 Å². The highest BCUT2D eigenvalue weighted by Crippen LogP contribution is 2.44. The molecule has 2 aromatic carbocycles. The third kappa shape index (κ3) is 9.42. The highest BCUT2D eigenvalue weighted by Gasteiger charge is 2.37. The molecule has 9 nitrogen and oxygen atoms in total. The van der Waals surface area contributed by atoms with Crippen molar-refractivity contribution in [2.45, 2.75) is 18.8 Å². The molecule has 3 heterocycles. The maximum absolute atomic E-state index is 13.7. The van der Waals surface area contributed by atoms with Crippen molar-refractivity contribution < 1.29 is 50.6 Å². The molecule has 2 aliphatic heterocycles. The zero-order valence-electron chi connectivity index (χ0n) is 25.8. The molecule has 0 radical (unpaired) electrons. The first-order valence-corrected chi connectivity index (χ1v) is 17.0. The van der Waals surface area contributed by atoms with Crippen LogP contribution in [-0.2, 0) is 26.7 Å². The number of anilines is 2. The molecule has 18 heteroatoms. The average molecular weight is 759 g/mol. The molecule has 3 aromatic rings. The molecule has 2 saturated heterocycles. The fourth-order valence-electron chi connectivity index (χ4n) is 5.04. The largest absolute Gasteiger partial charge is 0.478 e. The molecule has 0 atom stereocenters. The molecule has 50 heavy (non-hydrogen) atoms. The van der Waals surface area contributed by atoms with Crippen molar-refractivity contribution in [1.82, 2.24) is 9.80 Å². The number of benzene rings is 2. The number of carbonyl (C=O) groups excluding carboxylic acids is 2. The third-order valence-corrected chi connectivity index (χ3v) is 10.0. The number of ether oxygens (including phenoxy) is 1. The van der Waals surface area contributed by atoms with Crippen LogP contribution in [-0.4, -0.2) is 82.9 Å². The molecule has 0 bridgehead atoms. The topological polar surface area (TPSA) is 111 Å². The number of nitrogens with one attached hydrogen (secondary N) is 2. The smallest absolute Gasteiger partial charge is 0.416 e. The average Bonchev–Trinajstić information content (AvgIpc) is 3.58. The van der Waals surface area contributed by atoms with Crippen LogP contribution < -0.4 is 10.6 Å². The second-order valence-electron chi connectivity index (χ2n) is 11.1. The fraction of sp³-hybridized carbons (Fsp3) is 0.312. The van der Waals surface area contributed by atoms with E-state index >= 15 is 0 Å². The van der Waals surface area contributed by atoms with Crippen molar-refractivity contribution in [3.63, 3.8) is 0 Å². The Labute approximate surface area is 295 Å². The molecule has 5 rings (SSSR count). The number of hydrogen-bond acceptors (Lipinski definition) is 9. The number of hydrogen-bond donors (Lipinski definition) is 3. The predicted molar refractivity (Wildman–Crippen MR) is 182 cm³/mol. The first kappa shape index (κ1) is 37.3. The minimum Gasteiger partial charge on any atom is -0.478 e. The zero-order valence-corrected chi connectivity index (χ0v) is 28.3. The van der Waals surface area contributed by atoms with E-state index < -0.39 is 41.3 Å². The first-order valence-electron chi connectivity index (χ1n) is 14.9. The lowest BCUT2D eigenvalue weighted by Gasteiger charge is -2.26. The number of amides is 2. The van der Waals surface area contributed by atoms with Gasteiger partial charge in [-0.2, -0.15) is 26.3 Å². The third-order valence-electron chi connectivity index (χ3n) is 7.59. The maximum Gasteiger partial charge on any atom is 0.416 e. The summed E-state index contributed by atoms with van der Waals surface area (Å²) in [6, 6.07) is 8.33. The van der Waals surface area contributed by atoms with E-state index in [1.807, 2.05) is 0 Å². The molecular formula is C32H28F6N4O5S3. The number of thiocarbonyl (C=S) groups is 1. The van der Waals surface area contributed by atoms with Crippen LogP contribution in [0.25, 0.3) is 17.2 Å². The van der Waals surface area contributed by atoms with Crippen molar-refractivity contribution >= 4 is 74.2 Å². The Morgan fingerprint density at radius 2 is 1.60 bits per heavy atom. The van der Waals surface area contributed by atoms with Crippen LogP contribution in [0.2, 0.25) is 0 Å². The Balaban J connectivity index is 1.36. The molecule has 0 aliphatic carbocycles. The summed E-state index contributed by atoms with van der Waals surface area (Å²) < 4.78 is 87.8. The van der Waals surface area contributed by atoms with Gasteiger partial charge in [0.25, 0.3) is 5.91 Å². The second kappa shape index (κ2) is 15.5. The van der Waals surface area contributed by atoms with Gasteiger partial charge in [-0.05, 0) is 60.2 Å². The number of halogens is 6. The summed E-state index contributed by atoms with van der Waals surface area (Å²) >= 11 is 7.37. The Kier molecular flexibility index (Phi) is 11.6. The number of morpholine rings is 1. The highest BCUT2D eigenvalue weighted by molar-refractivity contribution is 8.26. The van der Waals surface area contributed by atoms with Crippen LogP contribution in [0.1, 0.15) is 32.8 Å². The second-order valence-corrected chi connectivity index (χ2v) is 13.8. The Hall–Kier alpha value is -3.97. The van der Waals surface area contributed by atoms with Gasteiger partial charge in [0.15, 0.2) is 0 Å². The Morgan fingerprint density at radius 1 is 0.960 bits per heavy atom. The number of thiophene rings is 1. The number of carboxylic acids is 1. The van der Waals surface area contributed by atoms with E-state index in [1.165, 1.54) is 41.3 Å². The molecule has 2 amide bonds. The molecule has 1 aromatic heterocycles. The lowest BCUT2D eigenvalue weighted by Crippen LogP contribution is -2.38. The Morgan fingerprint density at radius 3 is 2.20 bits per heavy atom. The summed E-state index contributed by atoms with van der Waals surface area (Å²) in [7, 11) is 0. The Bertz CT molecular complexity index is 1770. The molecule has 0 spiro atoms. The summed E-state index contributed by atoms with van der Waals surface area (Å²) in [5.41, 5.74) is -2.69. The number of rotatable bonds is 11. The van der Waals surface area contributed by atoms with E-state index in [4.69, 9.17) is 22.1 Å². The first-order chi connectivity index (χ1) is 23.6. The van der Waals surface area contributed by atoms with Gasteiger partial charge in [-0.15, -0.1) is 11.3 Å². The quantitative estimate of drug-likeness (QED) is 0.107. The lowest BCUT2D eigenvalue weighted by molar-refractivity contribution is -0.143. The normalized spacial score (nSPS) is 16.7. The highest BCUT2D eigenvalue weighted by atomic mass is 32.2. The van der Waals surface area contributed by atoms with Gasteiger partial charge in [-0.1, -0.05) is 24.0 Å². The van der Waals surface area contributed by atoms with Crippen LogP contribution in [0, 0.1) is 0 Å². The number of nitrogens with zero attached hydrogens (tertiary/aromatic N) is 2. The van der Waals surface area contributed by atoms with Crippen LogP contribution in [0.3, 0.4) is 0 Å². The zero-order chi connectivity index (χ0) is 36.2. The van der Waals surface area contributed by atoms with E-state index in [-0.39, 0.29) is 44.9 Å². The van der Waals surface area contributed by atoms with Gasteiger partial charge in [0.2, 0.25) is 5.91 Å². The number of aromatic carboxylic acids is 1. The summed E-state index contributed by atoms with van der Waals surface area (Å²) in [5, 5.41) is 15.1. The van der Waals surface area contributed by atoms with Crippen molar-refractivity contribution in [1.29, 1.82) is 0 Å². The summed E-state index contributed by atoms with van der Waals surface area (Å²) in [6.45, 7) is 3.26. The van der Waals surface area contributed by atoms with Gasteiger partial charge >= 0.3 is 18.3 Å². The predicted octanol–water partition coefficient (Wildman–Crippen LogP) is 7.13. The van der Waals surface area contributed by atoms with E-state index in [0.29, 0.717) is 67.1 Å². The number of alkyl halides is 6. The number of carbonyl (C=O) groups is 3. The van der Waals surface area contributed by atoms with Gasteiger partial charge in [-0.3, -0.25) is 19.4 Å². The van der Waals surface area contributed by atoms with Crippen LogP contribution in [0.5, 0.6) is 0 Å². The van der Waals surface area contributed by atoms with Gasteiger partial charge in [0.1, 0.15) is 4.32 Å². The summed E-state index contributed by atoms with van der Waals surface area (Å²) in [4.78, 5) is 40.7. The standard InChI is InChI=1S/C32H28F6N4O5S3/c33-31(34,35)20-13-19(14-21(15-20)32(36,37)38)24-16-23(49-27(24)39-6-8-41-9-11-47-12-10-41)17-25-28(44)42(30(48)50-25)7-5-26(43)40-22-3-1-18(2-4-22)29(45)46/h1-4,13-17,39H,5-12H2,(H,40,43)(H,45,46). The minimum atomic E-state index is -5.03. The molecule has 3 N–H and O–H groups in total. The SMILES string of the molecule is O=C(CCN1C(=O)C(=Cc2cc(-c3cc(C(F)(F)F)cc(C(F)(F)F)c3)c(NCCN3CCOCC3)s2)SC1=S)Nc1ccc(C(=O)O)cc1. The van der Waals surface area contributed by atoms with Crippen molar-refractivity contribution in [2.75, 3.05) is 56.6 Å². The van der Waals surface area contributed by atoms with E-state index in [1.54, 1.807) is 0 Å². The number of thioether (sulfide) groups is 1. The summed E-state index contributed by atoms with van der Waals surface area (Å²) in [5.74, 6) is -2.10. The van der Waals surface area contributed by atoms with E-state index in [2.05, 4.69) is 15.5 Å². The van der Waals surface area contributed by atoms with Crippen LogP contribution in [0.4, 0.5) is 37.0 Å². The minimum absolute atomic E-state index is 0.0435. The molecule has 0 saturated carbocycles. The monoisotopic (exact) mass is 758 g/mol. The lowest BCUT2D eigenvalue weighted by atomic mass is 10.00. The molecule has 0 unspecified atom stereocenters. The van der Waals surface area contributed by atoms with Gasteiger partial charge < -0.3 is 20.5 Å². The van der Waals surface area contributed by atoms with Crippen molar-refractivity contribution in [3.8, 4) is 11.1 Å². The molecular weight excluding hydrogens is 731 g/mol. The maximum atomic E-state index is 13.7. The summed E-state index contributed by atoms with van der Waals surface area (Å²) in [6.07, 6.45) is -8.75.